The molecule has 3 rings (SSSR count). The van der Waals surface area contributed by atoms with Crippen molar-refractivity contribution in [2.75, 3.05) is 0 Å². The number of pyridine rings is 1. The van der Waals surface area contributed by atoms with Gasteiger partial charge in [0.15, 0.2) is 0 Å². The van der Waals surface area contributed by atoms with Crippen LogP contribution in [0.1, 0.15) is 40.5 Å². The zero-order valence-corrected chi connectivity index (χ0v) is 14.4. The molecule has 1 aromatic rings. The first-order valence-electron chi connectivity index (χ1n) is 6.96. The molecule has 6 heteroatoms. The summed E-state index contributed by atoms with van der Waals surface area (Å²) in [6.45, 7) is 8.17. The van der Waals surface area contributed by atoms with Crippen LogP contribution in [-0.4, -0.2) is 29.4 Å². The quantitative estimate of drug-likeness (QED) is 0.591. The molecule has 20 heavy (non-hydrogen) atoms. The Labute approximate surface area is 133 Å². The van der Waals surface area contributed by atoms with E-state index in [0.717, 1.165) is 27.8 Å². The summed E-state index contributed by atoms with van der Waals surface area (Å²) >= 11 is 2.24. The standard InChI is InChI=1S/C14H19BINO3/c1-13(2)14(3,4)20-15(19-13)12-11(18-10-5-6-10)7-9(16)8-17-12/h7-8,10H,5-6H2,1-4H3. The van der Waals surface area contributed by atoms with E-state index in [1.54, 1.807) is 0 Å². The van der Waals surface area contributed by atoms with Crippen molar-refractivity contribution in [2.24, 2.45) is 0 Å². The molecule has 2 fully saturated rings. The van der Waals surface area contributed by atoms with Gasteiger partial charge in [0.1, 0.15) is 11.3 Å². The van der Waals surface area contributed by atoms with Crippen molar-refractivity contribution in [3.05, 3.63) is 15.8 Å². The fraction of sp³-hybridized carbons (Fsp3) is 0.643. The molecule has 1 aliphatic heterocycles. The first-order valence-corrected chi connectivity index (χ1v) is 8.04. The molecule has 1 aliphatic carbocycles. The highest BCUT2D eigenvalue weighted by Crippen LogP contribution is 2.37. The lowest BCUT2D eigenvalue weighted by atomic mass is 9.83. The molecule has 0 amide bonds. The normalized spacial score (nSPS) is 23.9. The molecule has 2 aliphatic rings. The van der Waals surface area contributed by atoms with Crippen LogP contribution in [-0.2, 0) is 9.31 Å². The zero-order chi connectivity index (χ0) is 14.5. The molecule has 1 saturated carbocycles. The Morgan fingerprint density at radius 1 is 1.25 bits per heavy atom. The molecule has 2 heterocycles. The van der Waals surface area contributed by atoms with Gasteiger partial charge in [-0.15, -0.1) is 0 Å². The molecule has 0 spiro atoms. The van der Waals surface area contributed by atoms with E-state index in [9.17, 15) is 0 Å². The van der Waals surface area contributed by atoms with E-state index in [-0.39, 0.29) is 11.2 Å². The number of halogens is 1. The van der Waals surface area contributed by atoms with Gasteiger partial charge < -0.3 is 14.0 Å². The van der Waals surface area contributed by atoms with Crippen LogP contribution in [0.25, 0.3) is 0 Å². The molecule has 0 atom stereocenters. The van der Waals surface area contributed by atoms with E-state index in [0.29, 0.717) is 6.10 Å². The van der Waals surface area contributed by atoms with Gasteiger partial charge in [0.05, 0.1) is 17.3 Å². The van der Waals surface area contributed by atoms with E-state index in [1.165, 1.54) is 0 Å². The van der Waals surface area contributed by atoms with Gasteiger partial charge in [0.25, 0.3) is 0 Å². The number of ether oxygens (including phenoxy) is 1. The number of aromatic nitrogens is 1. The molecule has 108 valence electrons. The summed E-state index contributed by atoms with van der Waals surface area (Å²) in [5.74, 6) is 0.790. The summed E-state index contributed by atoms with van der Waals surface area (Å²) in [5.41, 5.74) is 0.0224. The van der Waals surface area contributed by atoms with Crippen LogP contribution in [0.3, 0.4) is 0 Å². The maximum Gasteiger partial charge on any atom is 0.518 e. The molecular formula is C14H19BINO3. The Morgan fingerprint density at radius 2 is 1.85 bits per heavy atom. The second-order valence-electron chi connectivity index (χ2n) is 6.44. The van der Waals surface area contributed by atoms with Crippen LogP contribution in [0, 0.1) is 3.57 Å². The summed E-state index contributed by atoms with van der Waals surface area (Å²) in [6, 6.07) is 2.01. The molecule has 4 nitrogen and oxygen atoms in total. The second kappa shape index (κ2) is 4.85. The van der Waals surface area contributed by atoms with Crippen LogP contribution < -0.4 is 10.3 Å². The maximum absolute atomic E-state index is 6.07. The van der Waals surface area contributed by atoms with Gasteiger partial charge in [-0.1, -0.05) is 0 Å². The van der Waals surface area contributed by atoms with Crippen LogP contribution in [0.2, 0.25) is 0 Å². The van der Waals surface area contributed by atoms with E-state index >= 15 is 0 Å². The van der Waals surface area contributed by atoms with Crippen molar-refractivity contribution in [3.8, 4) is 5.75 Å². The smallest absolute Gasteiger partial charge is 0.489 e. The number of hydrogen-bond acceptors (Lipinski definition) is 4. The third-order valence-electron chi connectivity index (χ3n) is 4.14. The average Bonchev–Trinajstić information content (AvgIpc) is 3.07. The van der Waals surface area contributed by atoms with Crippen LogP contribution >= 0.6 is 22.6 Å². The molecule has 1 aromatic heterocycles. The Kier molecular flexibility index (Phi) is 3.54. The number of rotatable bonds is 3. The van der Waals surface area contributed by atoms with Gasteiger partial charge in [0, 0.05) is 9.77 Å². The minimum absolute atomic E-state index is 0.330. The minimum Gasteiger partial charge on any atom is -0.489 e. The molecular weight excluding hydrogens is 368 g/mol. The third kappa shape index (κ3) is 2.70. The highest BCUT2D eigenvalue weighted by Gasteiger charge is 2.53. The van der Waals surface area contributed by atoms with E-state index < -0.39 is 7.12 Å². The molecule has 0 radical (unpaired) electrons. The monoisotopic (exact) mass is 387 g/mol. The molecule has 0 bridgehead atoms. The minimum atomic E-state index is -0.467. The number of hydrogen-bond donors (Lipinski definition) is 0. The Balaban J connectivity index is 1.90. The second-order valence-corrected chi connectivity index (χ2v) is 7.69. The Hall–Kier alpha value is -0.335. The highest BCUT2D eigenvalue weighted by molar-refractivity contribution is 14.1. The Morgan fingerprint density at radius 3 is 2.40 bits per heavy atom. The summed E-state index contributed by atoms with van der Waals surface area (Å²) in [7, 11) is -0.467. The van der Waals surface area contributed by atoms with E-state index in [2.05, 4.69) is 27.6 Å². The molecule has 0 unspecified atom stereocenters. The van der Waals surface area contributed by atoms with Crippen molar-refractivity contribution >= 4 is 35.3 Å². The Bertz CT molecular complexity index is 515. The van der Waals surface area contributed by atoms with Crippen molar-refractivity contribution in [1.29, 1.82) is 0 Å². The lowest BCUT2D eigenvalue weighted by Crippen LogP contribution is -2.41. The topological polar surface area (TPSA) is 40.6 Å². The molecule has 1 saturated heterocycles. The van der Waals surface area contributed by atoms with Crippen molar-refractivity contribution in [2.45, 2.75) is 57.8 Å². The fourth-order valence-electron chi connectivity index (χ4n) is 2.02. The van der Waals surface area contributed by atoms with Gasteiger partial charge >= 0.3 is 7.12 Å². The lowest BCUT2D eigenvalue weighted by Gasteiger charge is -2.32. The summed E-state index contributed by atoms with van der Waals surface area (Å²) in [5, 5.41) is 0. The summed E-state index contributed by atoms with van der Waals surface area (Å²) in [6.07, 6.45) is 4.39. The fourth-order valence-corrected chi connectivity index (χ4v) is 2.44. The predicted octanol–water partition coefficient (Wildman–Crippen LogP) is 2.53. The van der Waals surface area contributed by atoms with Crippen LogP contribution in [0.15, 0.2) is 12.3 Å². The van der Waals surface area contributed by atoms with Crippen LogP contribution in [0.4, 0.5) is 0 Å². The largest absolute Gasteiger partial charge is 0.518 e. The van der Waals surface area contributed by atoms with Gasteiger partial charge in [-0.05, 0) is 69.2 Å². The first kappa shape index (κ1) is 14.6. The van der Waals surface area contributed by atoms with Gasteiger partial charge in [-0.25, -0.2) is 0 Å². The zero-order valence-electron chi connectivity index (χ0n) is 12.3. The maximum atomic E-state index is 6.07. The lowest BCUT2D eigenvalue weighted by molar-refractivity contribution is 0.00578. The number of nitrogens with zero attached hydrogens (tertiary/aromatic N) is 1. The molecule has 0 aromatic carbocycles. The highest BCUT2D eigenvalue weighted by atomic mass is 127. The van der Waals surface area contributed by atoms with Gasteiger partial charge in [0.2, 0.25) is 0 Å². The molecule has 0 N–H and O–H groups in total. The van der Waals surface area contributed by atoms with Crippen molar-refractivity contribution < 1.29 is 14.0 Å². The van der Waals surface area contributed by atoms with E-state index in [4.69, 9.17) is 14.0 Å². The summed E-state index contributed by atoms with van der Waals surface area (Å²) < 4.78 is 19.1. The summed E-state index contributed by atoms with van der Waals surface area (Å²) in [4.78, 5) is 4.49. The SMILES string of the molecule is CC1(C)OB(c2ncc(I)cc2OC2CC2)OC1(C)C. The van der Waals surface area contributed by atoms with E-state index in [1.807, 2.05) is 40.0 Å². The van der Waals surface area contributed by atoms with Gasteiger partial charge in [-0.2, -0.15) is 0 Å². The van der Waals surface area contributed by atoms with Crippen molar-refractivity contribution in [3.63, 3.8) is 0 Å². The first-order chi connectivity index (χ1) is 9.28. The van der Waals surface area contributed by atoms with Crippen LogP contribution in [0.5, 0.6) is 5.75 Å². The van der Waals surface area contributed by atoms with Gasteiger partial charge in [-0.3, -0.25) is 4.98 Å². The average molecular weight is 387 g/mol. The predicted molar refractivity (Wildman–Crippen MR) is 86.3 cm³/mol. The third-order valence-corrected chi connectivity index (χ3v) is 4.73. The van der Waals surface area contributed by atoms with Crippen molar-refractivity contribution in [1.82, 2.24) is 4.98 Å².